The molecule has 3 rings (SSSR count). The fourth-order valence-corrected chi connectivity index (χ4v) is 3.34. The van der Waals surface area contributed by atoms with E-state index in [-0.39, 0.29) is 23.3 Å². The lowest BCUT2D eigenvalue weighted by Crippen LogP contribution is -2.37. The van der Waals surface area contributed by atoms with Gasteiger partial charge in [-0.3, -0.25) is 19.7 Å². The van der Waals surface area contributed by atoms with Crippen LogP contribution in [0, 0.1) is 10.1 Å². The largest absolute Gasteiger partial charge is 0.312 e. The van der Waals surface area contributed by atoms with Crippen LogP contribution in [0.5, 0.6) is 0 Å². The molecule has 132 valence electrons. The summed E-state index contributed by atoms with van der Waals surface area (Å²) in [4.78, 5) is 35.2. The Bertz CT molecular complexity index is 883. The van der Waals surface area contributed by atoms with E-state index in [1.807, 2.05) is 6.07 Å². The van der Waals surface area contributed by atoms with Gasteiger partial charge in [-0.2, -0.15) is 5.01 Å². The minimum atomic E-state index is -0.749. The normalized spacial score (nSPS) is 16.3. The van der Waals surface area contributed by atoms with E-state index in [0.29, 0.717) is 10.6 Å². The van der Waals surface area contributed by atoms with Crippen LogP contribution < -0.4 is 10.3 Å². The summed E-state index contributed by atoms with van der Waals surface area (Å²) in [6.07, 6.45) is 0. The minimum Gasteiger partial charge on any atom is -0.312 e. The zero-order valence-electron chi connectivity index (χ0n) is 13.7. The summed E-state index contributed by atoms with van der Waals surface area (Å²) in [7, 11) is 0. The molecule has 1 unspecified atom stereocenters. The maximum absolute atomic E-state index is 12.8. The van der Waals surface area contributed by atoms with Gasteiger partial charge in [-0.15, -0.1) is 16.9 Å². The molecule has 0 radical (unpaired) electrons. The molecule has 1 atom stereocenters. The number of nitro benzene ring substituents is 1. The molecule has 0 aliphatic carbocycles. The number of carbonyl (C=O) groups excluding carboxylic acids is 2. The number of rotatable bonds is 4. The number of para-hydroxylation sites is 1. The number of amides is 2. The second-order valence-electron chi connectivity index (χ2n) is 5.40. The van der Waals surface area contributed by atoms with E-state index < -0.39 is 10.2 Å². The van der Waals surface area contributed by atoms with Crippen LogP contribution in [-0.4, -0.2) is 27.8 Å². The van der Waals surface area contributed by atoms with Crippen molar-refractivity contribution < 1.29 is 14.5 Å². The van der Waals surface area contributed by atoms with Crippen molar-refractivity contribution in [1.29, 1.82) is 0 Å². The van der Waals surface area contributed by atoms with Gasteiger partial charge in [0, 0.05) is 24.0 Å². The number of nitro groups is 1. The molecule has 1 aliphatic rings. The van der Waals surface area contributed by atoms with Gasteiger partial charge in [0.1, 0.15) is 0 Å². The Kier molecular flexibility index (Phi) is 4.99. The molecule has 1 N–H and O–H groups in total. The molecule has 0 spiro atoms. The van der Waals surface area contributed by atoms with Crippen molar-refractivity contribution in [2.45, 2.75) is 17.1 Å². The number of thioether (sulfide) groups is 1. The number of benzene rings is 2. The van der Waals surface area contributed by atoms with E-state index in [1.165, 1.54) is 35.8 Å². The Morgan fingerprint density at radius 1 is 1.19 bits per heavy atom. The molecule has 8 nitrogen and oxygen atoms in total. The van der Waals surface area contributed by atoms with Crippen molar-refractivity contribution in [3.8, 4) is 0 Å². The lowest BCUT2D eigenvalue weighted by atomic mass is 10.3. The minimum absolute atomic E-state index is 0.0336. The second-order valence-corrected chi connectivity index (χ2v) is 6.58. The van der Waals surface area contributed by atoms with Gasteiger partial charge < -0.3 is 5.32 Å². The van der Waals surface area contributed by atoms with Crippen LogP contribution in [0.1, 0.15) is 6.92 Å². The molecule has 0 bridgehead atoms. The fourth-order valence-electron chi connectivity index (χ4n) is 2.35. The Hall–Kier alpha value is -3.20. The highest BCUT2D eigenvalue weighted by Crippen LogP contribution is 2.32. The van der Waals surface area contributed by atoms with Crippen LogP contribution in [0.25, 0.3) is 0 Å². The highest BCUT2D eigenvalue weighted by atomic mass is 32.2. The first-order valence-electron chi connectivity index (χ1n) is 7.62. The summed E-state index contributed by atoms with van der Waals surface area (Å²) in [5.74, 6) is -0.404. The fraction of sp³-hybridized carbons (Fsp3) is 0.118. The molecular formula is C17H14N4O4S. The molecule has 0 aromatic heterocycles. The summed E-state index contributed by atoms with van der Waals surface area (Å²) in [5.41, 5.74) is 0.556. The Balaban J connectivity index is 1.86. The van der Waals surface area contributed by atoms with Gasteiger partial charge in [0.05, 0.1) is 10.6 Å². The molecule has 0 fully saturated rings. The van der Waals surface area contributed by atoms with Crippen LogP contribution in [0.3, 0.4) is 0 Å². The summed E-state index contributed by atoms with van der Waals surface area (Å²) in [6.45, 7) is 1.34. The molecule has 0 saturated carbocycles. The third-order valence-corrected chi connectivity index (χ3v) is 4.70. The van der Waals surface area contributed by atoms with E-state index in [0.717, 1.165) is 0 Å². The third kappa shape index (κ3) is 3.72. The van der Waals surface area contributed by atoms with Crippen molar-refractivity contribution in [1.82, 2.24) is 5.32 Å². The quantitative estimate of drug-likeness (QED) is 0.658. The number of nitrogens with one attached hydrogen (secondary N) is 1. The average Bonchev–Trinajstić information content (AvgIpc) is 2.92. The summed E-state index contributed by atoms with van der Waals surface area (Å²) in [5, 5.41) is 18.1. The maximum Gasteiger partial charge on any atom is 0.269 e. The van der Waals surface area contributed by atoms with E-state index >= 15 is 0 Å². The number of nitrogens with zero attached hydrogens (tertiary/aromatic N) is 3. The lowest BCUT2D eigenvalue weighted by Gasteiger charge is -2.14. The number of hydrogen-bond donors (Lipinski definition) is 1. The topological polar surface area (TPSA) is 105 Å². The van der Waals surface area contributed by atoms with Crippen molar-refractivity contribution in [3.05, 3.63) is 64.7 Å². The van der Waals surface area contributed by atoms with E-state index in [1.54, 1.807) is 36.4 Å². The highest BCUT2D eigenvalue weighted by Gasteiger charge is 2.38. The zero-order chi connectivity index (χ0) is 18.7. The van der Waals surface area contributed by atoms with Gasteiger partial charge in [-0.1, -0.05) is 18.2 Å². The first kappa shape index (κ1) is 17.6. The average molecular weight is 370 g/mol. The van der Waals surface area contributed by atoms with Gasteiger partial charge in [-0.25, -0.2) is 0 Å². The predicted octanol–water partition coefficient (Wildman–Crippen LogP) is 2.55. The Labute approximate surface area is 153 Å². The van der Waals surface area contributed by atoms with E-state index in [4.69, 9.17) is 0 Å². The molecule has 0 saturated heterocycles. The van der Waals surface area contributed by atoms with Crippen molar-refractivity contribution >= 4 is 40.8 Å². The zero-order valence-corrected chi connectivity index (χ0v) is 14.5. The van der Waals surface area contributed by atoms with Crippen LogP contribution in [0.15, 0.2) is 64.6 Å². The molecular weight excluding hydrogens is 356 g/mol. The van der Waals surface area contributed by atoms with Crippen LogP contribution in [0.4, 0.5) is 11.4 Å². The molecule has 2 aromatic carbocycles. The third-order valence-electron chi connectivity index (χ3n) is 3.50. The Morgan fingerprint density at radius 2 is 1.85 bits per heavy atom. The molecule has 1 aliphatic heterocycles. The smallest absolute Gasteiger partial charge is 0.269 e. The summed E-state index contributed by atoms with van der Waals surface area (Å²) in [6, 6.07) is 14.7. The number of carbonyl (C=O) groups is 2. The lowest BCUT2D eigenvalue weighted by molar-refractivity contribution is -0.384. The van der Waals surface area contributed by atoms with Crippen molar-refractivity contribution in [2.24, 2.45) is 5.10 Å². The molecule has 26 heavy (non-hydrogen) atoms. The van der Waals surface area contributed by atoms with Crippen LogP contribution in [0.2, 0.25) is 0 Å². The van der Waals surface area contributed by atoms with Gasteiger partial charge >= 0.3 is 0 Å². The van der Waals surface area contributed by atoms with Gasteiger partial charge in [0.25, 0.3) is 11.6 Å². The molecule has 2 amide bonds. The standard InChI is InChI=1S/C17H14N4O4S/c1-11(22)18-16-15(26-14-9-7-13(8-10-14)21(24)25)17(23)20(19-16)12-5-3-2-4-6-12/h2-10,15H,1H3,(H,18,19,22). The van der Waals surface area contributed by atoms with Crippen LogP contribution >= 0.6 is 11.8 Å². The first-order valence-corrected chi connectivity index (χ1v) is 8.50. The van der Waals surface area contributed by atoms with E-state index in [2.05, 4.69) is 10.4 Å². The first-order chi connectivity index (χ1) is 12.5. The van der Waals surface area contributed by atoms with Gasteiger partial charge in [0.15, 0.2) is 11.1 Å². The number of anilines is 1. The summed E-state index contributed by atoms with van der Waals surface area (Å²) >= 11 is 1.17. The molecule has 2 aromatic rings. The number of non-ortho nitro benzene ring substituents is 1. The molecule has 9 heteroatoms. The monoisotopic (exact) mass is 370 g/mol. The predicted molar refractivity (Wildman–Crippen MR) is 97.9 cm³/mol. The SMILES string of the molecule is CC(=O)NC1=NN(c2ccccc2)C(=O)C1Sc1ccc([N+](=O)[O-])cc1. The highest BCUT2D eigenvalue weighted by molar-refractivity contribution is 8.01. The number of amidine groups is 1. The molecule has 1 heterocycles. The van der Waals surface area contributed by atoms with E-state index in [9.17, 15) is 19.7 Å². The number of hydrazone groups is 1. The number of hydrogen-bond acceptors (Lipinski definition) is 6. The summed E-state index contributed by atoms with van der Waals surface area (Å²) < 4.78 is 0. The second kappa shape index (κ2) is 7.36. The van der Waals surface area contributed by atoms with Gasteiger partial charge in [0.2, 0.25) is 5.91 Å². The van der Waals surface area contributed by atoms with Crippen LogP contribution in [-0.2, 0) is 9.59 Å². The van der Waals surface area contributed by atoms with Crippen molar-refractivity contribution in [3.63, 3.8) is 0 Å². The van der Waals surface area contributed by atoms with Gasteiger partial charge in [-0.05, 0) is 24.3 Å². The maximum atomic E-state index is 12.8. The van der Waals surface area contributed by atoms with Crippen molar-refractivity contribution in [2.75, 3.05) is 5.01 Å². The Morgan fingerprint density at radius 3 is 2.42 bits per heavy atom.